The van der Waals surface area contributed by atoms with Gasteiger partial charge in [0.05, 0.1) is 6.42 Å². The summed E-state index contributed by atoms with van der Waals surface area (Å²) in [6.07, 6.45) is -5.02. The summed E-state index contributed by atoms with van der Waals surface area (Å²) in [5.41, 5.74) is 0.379. The minimum absolute atomic E-state index is 0.351. The van der Waals surface area contributed by atoms with E-state index in [9.17, 15) is 18.0 Å². The largest absolute Gasteiger partial charge is 0.455 e. The van der Waals surface area contributed by atoms with Crippen LogP contribution in [0.15, 0.2) is 34.9 Å². The zero-order valence-corrected chi connectivity index (χ0v) is 8.94. The lowest BCUT2D eigenvalue weighted by atomic mass is 10.1. The lowest BCUT2D eigenvalue weighted by Gasteiger charge is -1.97. The molecule has 0 aliphatic rings. The molecule has 2 aromatic rings. The number of carbonyl (C=O) groups excluding carboxylic acids is 1. The molecular formula is C11H7F3N2O2. The normalized spacial score (nSPS) is 11.5. The van der Waals surface area contributed by atoms with E-state index in [-0.39, 0.29) is 18.1 Å². The molecule has 94 valence electrons. The molecule has 0 saturated heterocycles. The number of benzene rings is 1. The van der Waals surface area contributed by atoms with E-state index in [0.717, 1.165) is 0 Å². The van der Waals surface area contributed by atoms with Crippen LogP contribution in [0.2, 0.25) is 0 Å². The summed E-state index contributed by atoms with van der Waals surface area (Å²) in [7, 11) is 0. The number of hydrogen-bond acceptors (Lipinski definition) is 4. The topological polar surface area (TPSA) is 56.0 Å². The Balaban J connectivity index is 2.11. The van der Waals surface area contributed by atoms with Gasteiger partial charge >= 0.3 is 6.18 Å². The number of alkyl halides is 3. The van der Waals surface area contributed by atoms with Crippen molar-refractivity contribution >= 4 is 5.78 Å². The molecule has 1 heterocycles. The summed E-state index contributed by atoms with van der Waals surface area (Å²) in [5.74, 6) is -2.11. The quantitative estimate of drug-likeness (QED) is 0.792. The highest BCUT2D eigenvalue weighted by Crippen LogP contribution is 2.26. The predicted octanol–water partition coefficient (Wildman–Crippen LogP) is 2.51. The van der Waals surface area contributed by atoms with Gasteiger partial charge < -0.3 is 4.52 Å². The van der Waals surface area contributed by atoms with Crippen LogP contribution >= 0.6 is 0 Å². The zero-order chi connectivity index (χ0) is 13.2. The van der Waals surface area contributed by atoms with Gasteiger partial charge in [0.15, 0.2) is 5.78 Å². The highest BCUT2D eigenvalue weighted by molar-refractivity contribution is 5.96. The van der Waals surface area contributed by atoms with Crippen LogP contribution in [0.5, 0.6) is 0 Å². The van der Waals surface area contributed by atoms with Crippen LogP contribution in [0, 0.1) is 0 Å². The average Bonchev–Trinajstić information content (AvgIpc) is 2.78. The molecule has 0 amide bonds. The Hall–Kier alpha value is -2.18. The first kappa shape index (κ1) is 12.3. The Morgan fingerprint density at radius 3 is 2.44 bits per heavy atom. The van der Waals surface area contributed by atoms with Gasteiger partial charge in [0.2, 0.25) is 5.89 Å². The maximum atomic E-state index is 12.2. The first-order chi connectivity index (χ1) is 8.47. The number of nitrogens with zero attached hydrogens (tertiary/aromatic N) is 2. The van der Waals surface area contributed by atoms with E-state index >= 15 is 0 Å². The number of rotatable bonds is 3. The number of carbonyl (C=O) groups is 1. The Bertz CT molecular complexity index is 549. The summed E-state index contributed by atoms with van der Waals surface area (Å²) < 4.78 is 41.0. The van der Waals surface area contributed by atoms with Gasteiger partial charge in [0.25, 0.3) is 5.82 Å². The van der Waals surface area contributed by atoms with Gasteiger partial charge in [-0.05, 0) is 0 Å². The van der Waals surface area contributed by atoms with Gasteiger partial charge in [-0.25, -0.2) is 0 Å². The number of ketones is 1. The van der Waals surface area contributed by atoms with Crippen LogP contribution in [0.1, 0.15) is 22.1 Å². The van der Waals surface area contributed by atoms with E-state index in [2.05, 4.69) is 14.7 Å². The lowest BCUT2D eigenvalue weighted by Crippen LogP contribution is -2.08. The van der Waals surface area contributed by atoms with Crippen molar-refractivity contribution in [2.75, 3.05) is 0 Å². The van der Waals surface area contributed by atoms with Gasteiger partial charge in [-0.3, -0.25) is 4.79 Å². The van der Waals surface area contributed by atoms with Crippen molar-refractivity contribution < 1.29 is 22.5 Å². The number of halogens is 3. The maximum absolute atomic E-state index is 12.2. The third kappa shape index (κ3) is 2.73. The van der Waals surface area contributed by atoms with E-state index in [1.54, 1.807) is 30.3 Å². The molecule has 18 heavy (non-hydrogen) atoms. The zero-order valence-electron chi connectivity index (χ0n) is 8.94. The predicted molar refractivity (Wildman–Crippen MR) is 53.8 cm³/mol. The Morgan fingerprint density at radius 1 is 1.22 bits per heavy atom. The summed E-state index contributed by atoms with van der Waals surface area (Å²) >= 11 is 0. The molecular weight excluding hydrogens is 249 g/mol. The molecule has 0 radical (unpaired) electrons. The molecule has 0 spiro atoms. The van der Waals surface area contributed by atoms with Crippen LogP contribution in [-0.2, 0) is 12.6 Å². The first-order valence-corrected chi connectivity index (χ1v) is 4.95. The minimum Gasteiger partial charge on any atom is -0.339 e. The monoisotopic (exact) mass is 256 g/mol. The van der Waals surface area contributed by atoms with E-state index in [0.29, 0.717) is 5.56 Å². The Morgan fingerprint density at radius 2 is 1.89 bits per heavy atom. The van der Waals surface area contributed by atoms with Gasteiger partial charge in [0.1, 0.15) is 0 Å². The van der Waals surface area contributed by atoms with Crippen molar-refractivity contribution in [3.05, 3.63) is 47.6 Å². The molecule has 0 aliphatic heterocycles. The van der Waals surface area contributed by atoms with Crippen molar-refractivity contribution in [2.45, 2.75) is 12.6 Å². The van der Waals surface area contributed by atoms with Crippen molar-refractivity contribution in [1.29, 1.82) is 0 Å². The van der Waals surface area contributed by atoms with Crippen molar-refractivity contribution in [3.8, 4) is 0 Å². The smallest absolute Gasteiger partial charge is 0.339 e. The SMILES string of the molecule is O=C(Cc1nc(C(F)(F)F)no1)c1ccccc1. The Kier molecular flexibility index (Phi) is 3.14. The third-order valence-electron chi connectivity index (χ3n) is 2.13. The van der Waals surface area contributed by atoms with E-state index in [1.165, 1.54) is 0 Å². The van der Waals surface area contributed by atoms with Crippen molar-refractivity contribution in [3.63, 3.8) is 0 Å². The standard InChI is InChI=1S/C11H7F3N2O2/c12-11(13,14)10-15-9(18-16-10)6-8(17)7-4-2-1-3-5-7/h1-5H,6H2. The van der Waals surface area contributed by atoms with E-state index in [1.807, 2.05) is 0 Å². The lowest BCUT2D eigenvalue weighted by molar-refractivity contribution is -0.146. The van der Waals surface area contributed by atoms with E-state index in [4.69, 9.17) is 0 Å². The average molecular weight is 256 g/mol. The fourth-order valence-corrected chi connectivity index (χ4v) is 1.31. The van der Waals surface area contributed by atoms with Gasteiger partial charge in [0, 0.05) is 5.56 Å². The van der Waals surface area contributed by atoms with Crippen LogP contribution in [0.25, 0.3) is 0 Å². The highest BCUT2D eigenvalue weighted by atomic mass is 19.4. The number of hydrogen-bond donors (Lipinski definition) is 0. The summed E-state index contributed by atoms with van der Waals surface area (Å²) in [6, 6.07) is 8.16. The van der Waals surface area contributed by atoms with Crippen LogP contribution < -0.4 is 0 Å². The maximum Gasteiger partial charge on any atom is 0.455 e. The minimum atomic E-state index is -4.67. The van der Waals surface area contributed by atoms with Crippen LogP contribution in [0.3, 0.4) is 0 Å². The van der Waals surface area contributed by atoms with Gasteiger partial charge in [-0.1, -0.05) is 35.5 Å². The fourth-order valence-electron chi connectivity index (χ4n) is 1.31. The van der Waals surface area contributed by atoms with Crippen molar-refractivity contribution in [1.82, 2.24) is 10.1 Å². The summed E-state index contributed by atoms with van der Waals surface area (Å²) in [4.78, 5) is 14.8. The molecule has 1 aromatic carbocycles. The number of Topliss-reactive ketones (excluding diaryl/α,β-unsaturated/α-hetero) is 1. The van der Waals surface area contributed by atoms with E-state index < -0.39 is 12.0 Å². The highest BCUT2D eigenvalue weighted by Gasteiger charge is 2.37. The third-order valence-corrected chi connectivity index (χ3v) is 2.13. The second kappa shape index (κ2) is 4.59. The summed E-state index contributed by atoms with van der Waals surface area (Å²) in [6.45, 7) is 0. The molecule has 2 rings (SSSR count). The second-order valence-electron chi connectivity index (χ2n) is 3.48. The van der Waals surface area contributed by atoms with Gasteiger partial charge in [-0.15, -0.1) is 0 Å². The molecule has 0 saturated carbocycles. The van der Waals surface area contributed by atoms with Crippen LogP contribution in [-0.4, -0.2) is 15.9 Å². The summed E-state index contributed by atoms with van der Waals surface area (Å²) in [5, 5.41) is 2.77. The molecule has 0 N–H and O–H groups in total. The first-order valence-electron chi connectivity index (χ1n) is 4.95. The van der Waals surface area contributed by atoms with Gasteiger partial charge in [-0.2, -0.15) is 18.2 Å². The fraction of sp³-hybridized carbons (Fsp3) is 0.182. The Labute approximate surface area is 99.4 Å². The molecule has 0 aliphatic carbocycles. The molecule has 0 unspecified atom stereocenters. The molecule has 7 heteroatoms. The van der Waals surface area contributed by atoms with Crippen LogP contribution in [0.4, 0.5) is 13.2 Å². The molecule has 4 nitrogen and oxygen atoms in total. The molecule has 0 bridgehead atoms. The second-order valence-corrected chi connectivity index (χ2v) is 3.48. The van der Waals surface area contributed by atoms with Crippen molar-refractivity contribution in [2.24, 2.45) is 0 Å². The molecule has 1 aromatic heterocycles. The molecule has 0 fully saturated rings. The number of aromatic nitrogens is 2. The molecule has 0 atom stereocenters.